The van der Waals surface area contributed by atoms with Gasteiger partial charge in [-0.05, 0) is 44.2 Å². The number of benzene rings is 2. The van der Waals surface area contributed by atoms with Crippen molar-refractivity contribution in [2.75, 3.05) is 0 Å². The Kier molecular flexibility index (Phi) is 3.83. The lowest BCUT2D eigenvalue weighted by atomic mass is 9.94. The second kappa shape index (κ2) is 6.03. The average molecular weight is 333 g/mol. The van der Waals surface area contributed by atoms with Crippen LogP contribution in [0.3, 0.4) is 0 Å². The highest BCUT2D eigenvalue weighted by Crippen LogP contribution is 2.32. The van der Waals surface area contributed by atoms with Gasteiger partial charge < -0.3 is 5.32 Å². The molecule has 25 heavy (non-hydrogen) atoms. The summed E-state index contributed by atoms with van der Waals surface area (Å²) in [5.74, 6) is 0.583. The van der Waals surface area contributed by atoms with Gasteiger partial charge >= 0.3 is 0 Å². The SMILES string of the molecule is CC(C)(NC(=O)c1nn(CC2CC2)c2ccccc12)c1ccccc1. The van der Waals surface area contributed by atoms with Crippen molar-refractivity contribution < 1.29 is 4.79 Å². The van der Waals surface area contributed by atoms with Gasteiger partial charge in [0.2, 0.25) is 0 Å². The van der Waals surface area contributed by atoms with E-state index in [1.165, 1.54) is 12.8 Å². The molecule has 1 aliphatic rings. The highest BCUT2D eigenvalue weighted by atomic mass is 16.2. The summed E-state index contributed by atoms with van der Waals surface area (Å²) in [7, 11) is 0. The van der Waals surface area contributed by atoms with E-state index in [1.54, 1.807) is 0 Å². The maximum Gasteiger partial charge on any atom is 0.273 e. The number of para-hydroxylation sites is 1. The predicted molar refractivity (Wildman–Crippen MR) is 99.4 cm³/mol. The number of hydrogen-bond acceptors (Lipinski definition) is 2. The van der Waals surface area contributed by atoms with Crippen molar-refractivity contribution in [3.8, 4) is 0 Å². The van der Waals surface area contributed by atoms with Crippen molar-refractivity contribution in [3.05, 3.63) is 65.9 Å². The molecule has 4 nitrogen and oxygen atoms in total. The predicted octanol–water partition coefficient (Wildman–Crippen LogP) is 4.11. The van der Waals surface area contributed by atoms with Crippen LogP contribution in [-0.4, -0.2) is 15.7 Å². The Morgan fingerprint density at radius 3 is 2.52 bits per heavy atom. The normalized spacial score (nSPS) is 14.6. The van der Waals surface area contributed by atoms with Gasteiger partial charge in [-0.25, -0.2) is 0 Å². The van der Waals surface area contributed by atoms with Crippen LogP contribution < -0.4 is 5.32 Å². The molecule has 0 bridgehead atoms. The van der Waals surface area contributed by atoms with Crippen LogP contribution in [0.4, 0.5) is 0 Å². The number of nitrogens with one attached hydrogen (secondary N) is 1. The third-order valence-corrected chi connectivity index (χ3v) is 4.92. The van der Waals surface area contributed by atoms with Gasteiger partial charge in [-0.3, -0.25) is 9.48 Å². The largest absolute Gasteiger partial charge is 0.342 e. The van der Waals surface area contributed by atoms with E-state index in [0.717, 1.165) is 23.0 Å². The fourth-order valence-corrected chi connectivity index (χ4v) is 3.25. The van der Waals surface area contributed by atoms with Crippen LogP contribution in [0.5, 0.6) is 0 Å². The van der Waals surface area contributed by atoms with E-state index in [4.69, 9.17) is 0 Å². The molecule has 1 amide bonds. The van der Waals surface area contributed by atoms with Gasteiger partial charge in [0, 0.05) is 11.9 Å². The first-order valence-corrected chi connectivity index (χ1v) is 8.88. The van der Waals surface area contributed by atoms with Crippen LogP contribution in [-0.2, 0) is 12.1 Å². The summed E-state index contributed by atoms with van der Waals surface area (Å²) < 4.78 is 2.00. The van der Waals surface area contributed by atoms with Gasteiger partial charge in [0.1, 0.15) is 0 Å². The van der Waals surface area contributed by atoms with Crippen LogP contribution in [0.15, 0.2) is 54.6 Å². The van der Waals surface area contributed by atoms with Crippen LogP contribution in [0, 0.1) is 5.92 Å². The zero-order valence-corrected chi connectivity index (χ0v) is 14.7. The van der Waals surface area contributed by atoms with Crippen LogP contribution in [0.25, 0.3) is 10.9 Å². The minimum Gasteiger partial charge on any atom is -0.342 e. The zero-order valence-electron chi connectivity index (χ0n) is 14.7. The highest BCUT2D eigenvalue weighted by molar-refractivity contribution is 6.05. The summed E-state index contributed by atoms with van der Waals surface area (Å²) >= 11 is 0. The van der Waals surface area contributed by atoms with Gasteiger partial charge in [0.05, 0.1) is 11.1 Å². The Balaban J connectivity index is 1.66. The lowest BCUT2D eigenvalue weighted by Crippen LogP contribution is -2.41. The second-order valence-corrected chi connectivity index (χ2v) is 7.44. The molecule has 1 fully saturated rings. The summed E-state index contributed by atoms with van der Waals surface area (Å²) in [6.45, 7) is 4.93. The number of nitrogens with zero attached hydrogens (tertiary/aromatic N) is 2. The van der Waals surface area contributed by atoms with Gasteiger partial charge in [0.15, 0.2) is 5.69 Å². The minimum atomic E-state index is -0.459. The monoisotopic (exact) mass is 333 g/mol. The van der Waals surface area contributed by atoms with Crippen molar-refractivity contribution in [3.63, 3.8) is 0 Å². The molecule has 0 radical (unpaired) electrons. The summed E-state index contributed by atoms with van der Waals surface area (Å²) in [5.41, 5.74) is 2.17. The standard InChI is InChI=1S/C21H23N3O/c1-21(2,16-8-4-3-5-9-16)22-20(25)19-17-10-6-7-11-18(17)24(23-19)14-15-12-13-15/h3-11,15H,12-14H2,1-2H3,(H,22,25). The first kappa shape index (κ1) is 15.9. The molecule has 0 saturated heterocycles. The van der Waals surface area contributed by atoms with E-state index in [2.05, 4.69) is 10.4 Å². The molecule has 1 aromatic heterocycles. The maximum atomic E-state index is 13.0. The number of amides is 1. The molecule has 0 atom stereocenters. The molecular formula is C21H23N3O. The topological polar surface area (TPSA) is 46.9 Å². The average Bonchev–Trinajstić information content (AvgIpc) is 3.35. The third-order valence-electron chi connectivity index (χ3n) is 4.92. The van der Waals surface area contributed by atoms with Crippen LogP contribution in [0.2, 0.25) is 0 Å². The smallest absolute Gasteiger partial charge is 0.273 e. The Morgan fingerprint density at radius 2 is 1.80 bits per heavy atom. The molecule has 4 heteroatoms. The summed E-state index contributed by atoms with van der Waals surface area (Å²) in [6, 6.07) is 18.0. The van der Waals surface area contributed by atoms with Crippen molar-refractivity contribution in [1.29, 1.82) is 0 Å². The van der Waals surface area contributed by atoms with Crippen LogP contribution >= 0.6 is 0 Å². The van der Waals surface area contributed by atoms with Crippen molar-refractivity contribution in [1.82, 2.24) is 15.1 Å². The van der Waals surface area contributed by atoms with E-state index in [1.807, 2.05) is 73.1 Å². The lowest BCUT2D eigenvalue weighted by Gasteiger charge is -2.26. The molecule has 0 aliphatic heterocycles. The molecule has 0 spiro atoms. The Labute approximate surface area is 147 Å². The molecule has 1 aliphatic carbocycles. The highest BCUT2D eigenvalue weighted by Gasteiger charge is 2.28. The number of rotatable bonds is 5. The first-order valence-electron chi connectivity index (χ1n) is 8.88. The van der Waals surface area contributed by atoms with E-state index in [9.17, 15) is 4.79 Å². The van der Waals surface area contributed by atoms with Crippen molar-refractivity contribution in [2.24, 2.45) is 5.92 Å². The van der Waals surface area contributed by atoms with E-state index < -0.39 is 5.54 Å². The van der Waals surface area contributed by atoms with Crippen LogP contribution in [0.1, 0.15) is 42.7 Å². The summed E-state index contributed by atoms with van der Waals surface area (Å²) in [5, 5.41) is 8.72. The zero-order chi connectivity index (χ0) is 17.4. The Hall–Kier alpha value is -2.62. The molecule has 0 unspecified atom stereocenters. The van der Waals surface area contributed by atoms with Gasteiger partial charge in [-0.1, -0.05) is 48.5 Å². The number of fused-ring (bicyclic) bond motifs is 1. The number of carbonyl (C=O) groups is 1. The second-order valence-electron chi connectivity index (χ2n) is 7.44. The van der Waals surface area contributed by atoms with E-state index in [0.29, 0.717) is 11.6 Å². The maximum absolute atomic E-state index is 13.0. The van der Waals surface area contributed by atoms with Crippen molar-refractivity contribution in [2.45, 2.75) is 38.8 Å². The van der Waals surface area contributed by atoms with E-state index in [-0.39, 0.29) is 5.91 Å². The first-order chi connectivity index (χ1) is 12.0. The van der Waals surface area contributed by atoms with Crippen molar-refractivity contribution >= 4 is 16.8 Å². The molecule has 3 aromatic rings. The quantitative estimate of drug-likeness (QED) is 0.764. The number of aromatic nitrogens is 2. The number of hydrogen-bond donors (Lipinski definition) is 1. The Morgan fingerprint density at radius 1 is 1.12 bits per heavy atom. The summed E-state index contributed by atoms with van der Waals surface area (Å²) in [6.07, 6.45) is 2.52. The van der Waals surface area contributed by atoms with E-state index >= 15 is 0 Å². The van der Waals surface area contributed by atoms with Gasteiger partial charge in [0.25, 0.3) is 5.91 Å². The molecule has 4 rings (SSSR count). The van der Waals surface area contributed by atoms with Gasteiger partial charge in [-0.2, -0.15) is 5.10 Å². The summed E-state index contributed by atoms with van der Waals surface area (Å²) in [4.78, 5) is 13.0. The molecule has 2 aromatic carbocycles. The molecule has 1 heterocycles. The molecule has 1 saturated carbocycles. The molecular weight excluding hydrogens is 310 g/mol. The minimum absolute atomic E-state index is 0.125. The fraction of sp³-hybridized carbons (Fsp3) is 0.333. The molecule has 128 valence electrons. The number of carbonyl (C=O) groups excluding carboxylic acids is 1. The van der Waals surface area contributed by atoms with Gasteiger partial charge in [-0.15, -0.1) is 0 Å². The third kappa shape index (κ3) is 3.16. The Bertz CT molecular complexity index is 907. The molecule has 1 N–H and O–H groups in total. The lowest BCUT2D eigenvalue weighted by molar-refractivity contribution is 0.0907. The fourth-order valence-electron chi connectivity index (χ4n) is 3.25.